The number of carbonyl (C=O) groups is 1. The van der Waals surface area contributed by atoms with Gasteiger partial charge in [-0.15, -0.1) is 0 Å². The van der Waals surface area contributed by atoms with Gasteiger partial charge in [0.05, 0.1) is 6.04 Å². The van der Waals surface area contributed by atoms with Crippen molar-refractivity contribution in [1.82, 2.24) is 5.32 Å². The van der Waals surface area contributed by atoms with Gasteiger partial charge in [0, 0.05) is 21.8 Å². The average molecular weight is 289 g/mol. The van der Waals surface area contributed by atoms with E-state index in [-0.39, 0.29) is 11.9 Å². The zero-order valence-corrected chi connectivity index (χ0v) is 11.4. The summed E-state index contributed by atoms with van der Waals surface area (Å²) >= 11 is 5.91. The number of rotatable bonds is 2. The molecule has 0 aliphatic carbocycles. The van der Waals surface area contributed by atoms with Gasteiger partial charge in [-0.3, -0.25) is 4.79 Å². The van der Waals surface area contributed by atoms with Crippen LogP contribution in [0.15, 0.2) is 42.5 Å². The molecule has 3 rings (SSSR count). The van der Waals surface area contributed by atoms with E-state index in [4.69, 9.17) is 22.1 Å². The maximum atomic E-state index is 12.2. The Morgan fingerprint density at radius 3 is 2.90 bits per heavy atom. The summed E-state index contributed by atoms with van der Waals surface area (Å²) in [5.74, 6) is 0.591. The molecule has 2 aromatic rings. The number of carbonyl (C=O) groups excluding carboxylic acids is 1. The first-order chi connectivity index (χ1) is 9.63. The van der Waals surface area contributed by atoms with Gasteiger partial charge in [0.1, 0.15) is 12.4 Å². The van der Waals surface area contributed by atoms with Crippen molar-refractivity contribution in [3.63, 3.8) is 0 Å². The van der Waals surface area contributed by atoms with E-state index in [0.29, 0.717) is 22.9 Å². The first-order valence-electron chi connectivity index (χ1n) is 6.22. The van der Waals surface area contributed by atoms with E-state index in [9.17, 15) is 4.79 Å². The minimum absolute atomic E-state index is 0.154. The van der Waals surface area contributed by atoms with Crippen LogP contribution in [0.1, 0.15) is 22.0 Å². The minimum Gasteiger partial charge on any atom is -0.491 e. The molecule has 1 aliphatic rings. The van der Waals surface area contributed by atoms with Crippen molar-refractivity contribution < 1.29 is 9.53 Å². The van der Waals surface area contributed by atoms with Gasteiger partial charge in [-0.1, -0.05) is 29.8 Å². The second kappa shape index (κ2) is 5.06. The number of nitrogen functional groups attached to an aromatic ring is 1. The molecule has 0 bridgehead atoms. The van der Waals surface area contributed by atoms with Crippen molar-refractivity contribution in [3.8, 4) is 5.75 Å². The number of benzene rings is 2. The maximum Gasteiger partial charge on any atom is 0.252 e. The Labute approximate surface area is 121 Å². The lowest BCUT2D eigenvalue weighted by Gasteiger charge is -2.12. The number of amides is 1. The van der Waals surface area contributed by atoms with Crippen LogP contribution in [0.2, 0.25) is 5.02 Å². The van der Waals surface area contributed by atoms with Crippen LogP contribution in [0.5, 0.6) is 5.75 Å². The highest BCUT2D eigenvalue weighted by atomic mass is 35.5. The monoisotopic (exact) mass is 288 g/mol. The molecular formula is C15H13ClN2O2. The van der Waals surface area contributed by atoms with Crippen LogP contribution in [0.4, 0.5) is 5.69 Å². The van der Waals surface area contributed by atoms with Crippen LogP contribution in [-0.2, 0) is 0 Å². The van der Waals surface area contributed by atoms with Crippen LogP contribution >= 0.6 is 11.6 Å². The molecule has 5 heteroatoms. The van der Waals surface area contributed by atoms with Crippen LogP contribution < -0.4 is 15.8 Å². The van der Waals surface area contributed by atoms with Gasteiger partial charge in [-0.2, -0.15) is 0 Å². The first-order valence-corrected chi connectivity index (χ1v) is 6.60. The Hall–Kier alpha value is -2.20. The summed E-state index contributed by atoms with van der Waals surface area (Å²) in [5.41, 5.74) is 7.58. The molecule has 0 spiro atoms. The summed E-state index contributed by atoms with van der Waals surface area (Å²) in [4.78, 5) is 12.2. The third-order valence-corrected chi connectivity index (χ3v) is 3.41. The standard InChI is InChI=1S/C15H13ClN2O2/c16-10-5-9(6-11(17)7-10)15(19)18-13-8-20-14-4-2-1-3-12(13)14/h1-7,13H,8,17H2,(H,18,19). The van der Waals surface area contributed by atoms with E-state index in [1.807, 2.05) is 24.3 Å². The van der Waals surface area contributed by atoms with Crippen molar-refractivity contribution in [2.24, 2.45) is 0 Å². The predicted molar refractivity (Wildman–Crippen MR) is 78.0 cm³/mol. The van der Waals surface area contributed by atoms with Gasteiger partial charge in [0.2, 0.25) is 0 Å². The normalized spacial score (nSPS) is 16.4. The maximum absolute atomic E-state index is 12.2. The lowest BCUT2D eigenvalue weighted by molar-refractivity contribution is 0.0930. The molecule has 0 aromatic heterocycles. The number of hydrogen-bond acceptors (Lipinski definition) is 3. The molecule has 0 saturated heterocycles. The van der Waals surface area contributed by atoms with Crippen LogP contribution in [-0.4, -0.2) is 12.5 Å². The Kier molecular flexibility index (Phi) is 3.24. The highest BCUT2D eigenvalue weighted by Crippen LogP contribution is 2.31. The van der Waals surface area contributed by atoms with E-state index in [2.05, 4.69) is 5.32 Å². The zero-order chi connectivity index (χ0) is 14.1. The van der Waals surface area contributed by atoms with E-state index >= 15 is 0 Å². The number of hydrogen-bond donors (Lipinski definition) is 2. The Balaban J connectivity index is 1.80. The molecule has 1 heterocycles. The van der Waals surface area contributed by atoms with Gasteiger partial charge < -0.3 is 15.8 Å². The SMILES string of the molecule is Nc1cc(Cl)cc(C(=O)NC2COc3ccccc32)c1. The highest BCUT2D eigenvalue weighted by molar-refractivity contribution is 6.31. The fourth-order valence-corrected chi connectivity index (χ4v) is 2.51. The second-order valence-electron chi connectivity index (χ2n) is 4.65. The van der Waals surface area contributed by atoms with E-state index in [0.717, 1.165) is 11.3 Å². The topological polar surface area (TPSA) is 64.4 Å². The van der Waals surface area contributed by atoms with Crippen molar-refractivity contribution in [3.05, 3.63) is 58.6 Å². The van der Waals surface area contributed by atoms with E-state index in [1.54, 1.807) is 18.2 Å². The third kappa shape index (κ3) is 2.42. The van der Waals surface area contributed by atoms with Gasteiger partial charge in [-0.05, 0) is 24.3 Å². The minimum atomic E-state index is -0.218. The van der Waals surface area contributed by atoms with Crippen LogP contribution in [0.25, 0.3) is 0 Å². The van der Waals surface area contributed by atoms with E-state index < -0.39 is 0 Å². The zero-order valence-electron chi connectivity index (χ0n) is 10.6. The molecule has 2 aromatic carbocycles. The molecule has 0 radical (unpaired) electrons. The molecule has 102 valence electrons. The van der Waals surface area contributed by atoms with Gasteiger partial charge in [-0.25, -0.2) is 0 Å². The van der Waals surface area contributed by atoms with Crippen molar-refractivity contribution in [2.75, 3.05) is 12.3 Å². The number of anilines is 1. The summed E-state index contributed by atoms with van der Waals surface area (Å²) in [6.07, 6.45) is 0. The molecule has 1 unspecified atom stereocenters. The fourth-order valence-electron chi connectivity index (χ4n) is 2.27. The van der Waals surface area contributed by atoms with Gasteiger partial charge in [0.15, 0.2) is 0 Å². The molecule has 0 saturated carbocycles. The summed E-state index contributed by atoms with van der Waals surface area (Å²) in [7, 11) is 0. The largest absolute Gasteiger partial charge is 0.491 e. The van der Waals surface area contributed by atoms with Crippen molar-refractivity contribution >= 4 is 23.2 Å². The number of halogens is 1. The quantitative estimate of drug-likeness (QED) is 0.835. The lowest BCUT2D eigenvalue weighted by Crippen LogP contribution is -2.29. The fraction of sp³-hybridized carbons (Fsp3) is 0.133. The number of ether oxygens (including phenoxy) is 1. The van der Waals surface area contributed by atoms with E-state index in [1.165, 1.54) is 0 Å². The summed E-state index contributed by atoms with van der Waals surface area (Å²) in [5, 5.41) is 3.37. The number of nitrogens with two attached hydrogens (primary N) is 1. The van der Waals surface area contributed by atoms with Crippen LogP contribution in [0, 0.1) is 0 Å². The lowest BCUT2D eigenvalue weighted by atomic mass is 10.1. The highest BCUT2D eigenvalue weighted by Gasteiger charge is 2.25. The second-order valence-corrected chi connectivity index (χ2v) is 5.08. The molecule has 0 fully saturated rings. The summed E-state index contributed by atoms with van der Waals surface area (Å²) in [6, 6.07) is 12.3. The third-order valence-electron chi connectivity index (χ3n) is 3.19. The molecule has 1 aliphatic heterocycles. The average Bonchev–Trinajstić information content (AvgIpc) is 2.81. The summed E-state index contributed by atoms with van der Waals surface area (Å²) in [6.45, 7) is 0.432. The van der Waals surface area contributed by atoms with Crippen molar-refractivity contribution in [2.45, 2.75) is 6.04 Å². The Morgan fingerprint density at radius 1 is 1.30 bits per heavy atom. The Morgan fingerprint density at radius 2 is 2.10 bits per heavy atom. The van der Waals surface area contributed by atoms with Crippen molar-refractivity contribution in [1.29, 1.82) is 0 Å². The van der Waals surface area contributed by atoms with Gasteiger partial charge >= 0.3 is 0 Å². The first kappa shape index (κ1) is 12.8. The smallest absolute Gasteiger partial charge is 0.252 e. The molecule has 1 amide bonds. The molecular weight excluding hydrogens is 276 g/mol. The Bertz CT molecular complexity index is 652. The molecule has 4 nitrogen and oxygen atoms in total. The van der Waals surface area contributed by atoms with Crippen LogP contribution in [0.3, 0.4) is 0 Å². The van der Waals surface area contributed by atoms with Gasteiger partial charge in [0.25, 0.3) is 5.91 Å². The molecule has 20 heavy (non-hydrogen) atoms. The molecule has 3 N–H and O–H groups in total. The predicted octanol–water partition coefficient (Wildman–Crippen LogP) is 2.79. The summed E-state index contributed by atoms with van der Waals surface area (Å²) < 4.78 is 5.53. The number of fused-ring (bicyclic) bond motifs is 1. The number of nitrogens with one attached hydrogen (secondary N) is 1. The number of para-hydroxylation sites is 1. The molecule has 1 atom stereocenters.